The monoisotopic (exact) mass is 243 g/mol. The third kappa shape index (κ3) is 2.92. The van der Waals surface area contributed by atoms with Crippen molar-refractivity contribution in [3.8, 4) is 0 Å². The van der Waals surface area contributed by atoms with E-state index >= 15 is 0 Å². The highest BCUT2D eigenvalue weighted by Gasteiger charge is 2.45. The Balaban J connectivity index is 1.60. The number of nitrogens with one attached hydrogen (secondary N) is 1. The summed E-state index contributed by atoms with van der Waals surface area (Å²) >= 11 is 1.15. The van der Waals surface area contributed by atoms with Gasteiger partial charge in [0.1, 0.15) is 12.2 Å². The van der Waals surface area contributed by atoms with Gasteiger partial charge in [-0.15, -0.1) is 0 Å². The van der Waals surface area contributed by atoms with Gasteiger partial charge in [-0.2, -0.15) is 0 Å². The first-order valence-electron chi connectivity index (χ1n) is 6.35. The quantitative estimate of drug-likeness (QED) is 0.551. The second kappa shape index (κ2) is 4.96. The van der Waals surface area contributed by atoms with Gasteiger partial charge in [-0.25, -0.2) is 0 Å². The normalized spacial score (nSPS) is 29.9. The van der Waals surface area contributed by atoms with Crippen LogP contribution in [0.5, 0.6) is 0 Å². The summed E-state index contributed by atoms with van der Waals surface area (Å²) in [6, 6.07) is 0. The highest BCUT2D eigenvalue weighted by molar-refractivity contribution is 7.93. The maximum Gasteiger partial charge on any atom is 0.234 e. The minimum absolute atomic E-state index is 0.0837. The molecule has 2 aliphatic carbocycles. The fraction of sp³-hybridized carbons (Fsp3) is 0.917. The van der Waals surface area contributed by atoms with Crippen molar-refractivity contribution in [2.24, 2.45) is 11.8 Å². The summed E-state index contributed by atoms with van der Waals surface area (Å²) in [6.07, 6.45) is 6.72. The van der Waals surface area contributed by atoms with E-state index in [-0.39, 0.29) is 17.4 Å². The van der Waals surface area contributed by atoms with E-state index in [1.807, 2.05) is 0 Å². The molecular formula is C12H21NO2S. The van der Waals surface area contributed by atoms with Crippen molar-refractivity contribution in [1.82, 2.24) is 4.72 Å². The van der Waals surface area contributed by atoms with Gasteiger partial charge in [-0.3, -0.25) is 13.7 Å². The number of hydrogen-bond acceptors (Lipinski definition) is 3. The molecular weight excluding hydrogens is 222 g/mol. The van der Waals surface area contributed by atoms with Gasteiger partial charge in [0.2, 0.25) is 5.91 Å². The molecule has 4 heteroatoms. The average Bonchev–Trinajstić information content (AvgIpc) is 3.12. The van der Waals surface area contributed by atoms with E-state index in [9.17, 15) is 4.79 Å². The van der Waals surface area contributed by atoms with E-state index in [1.165, 1.54) is 0 Å². The Bertz CT molecular complexity index is 266. The van der Waals surface area contributed by atoms with Gasteiger partial charge < -0.3 is 0 Å². The van der Waals surface area contributed by atoms with Gasteiger partial charge in [-0.05, 0) is 31.6 Å². The predicted octanol–water partition coefficient (Wildman–Crippen LogP) is 3.06. The van der Waals surface area contributed by atoms with Gasteiger partial charge in [0.25, 0.3) is 0 Å². The molecule has 0 spiro atoms. The van der Waals surface area contributed by atoms with Crippen LogP contribution in [0.2, 0.25) is 0 Å². The number of carbonyl (C=O) groups is 1. The zero-order valence-corrected chi connectivity index (χ0v) is 10.9. The van der Waals surface area contributed by atoms with E-state index in [2.05, 4.69) is 18.6 Å². The zero-order chi connectivity index (χ0) is 11.6. The average molecular weight is 243 g/mol. The lowest BCUT2D eigenvalue weighted by molar-refractivity contribution is -0.120. The smallest absolute Gasteiger partial charge is 0.234 e. The van der Waals surface area contributed by atoms with Crippen LogP contribution >= 0.6 is 12.2 Å². The summed E-state index contributed by atoms with van der Waals surface area (Å²) in [5.41, 5.74) is 0.0837. The van der Waals surface area contributed by atoms with Crippen molar-refractivity contribution in [3.05, 3.63) is 0 Å². The molecule has 0 aromatic carbocycles. The largest absolute Gasteiger partial charge is 0.290 e. The summed E-state index contributed by atoms with van der Waals surface area (Å²) in [6.45, 7) is 4.31. The Kier molecular flexibility index (Phi) is 3.80. The minimum Gasteiger partial charge on any atom is -0.290 e. The summed E-state index contributed by atoms with van der Waals surface area (Å²) in [5.74, 6) is 1.03. The van der Waals surface area contributed by atoms with Crippen LogP contribution < -0.4 is 4.72 Å². The van der Waals surface area contributed by atoms with E-state index in [0.29, 0.717) is 5.92 Å². The van der Waals surface area contributed by atoms with E-state index < -0.39 is 0 Å². The molecule has 1 N–H and O–H groups in total. The van der Waals surface area contributed by atoms with Gasteiger partial charge in [0, 0.05) is 5.92 Å². The van der Waals surface area contributed by atoms with Crippen molar-refractivity contribution >= 4 is 18.1 Å². The Morgan fingerprint density at radius 1 is 1.50 bits per heavy atom. The molecule has 0 bridgehead atoms. The summed E-state index contributed by atoms with van der Waals surface area (Å²) in [7, 11) is 0. The highest BCUT2D eigenvalue weighted by atomic mass is 32.2. The molecule has 2 atom stereocenters. The fourth-order valence-corrected chi connectivity index (χ4v) is 2.92. The molecule has 16 heavy (non-hydrogen) atoms. The molecule has 0 heterocycles. The van der Waals surface area contributed by atoms with Crippen LogP contribution in [0, 0.1) is 11.8 Å². The standard InChI is InChI=1S/C12H21NO2S/c1-3-5-12(6-7-12)15-16-13-11(14)10-8-9(10)4-2/h9-10H,3-8H2,1-2H3,(H,13,14)/t9-,10+/m1/s1. The molecule has 2 rings (SSSR count). The number of amides is 1. The van der Waals surface area contributed by atoms with Crippen LogP contribution in [0.3, 0.4) is 0 Å². The first-order valence-corrected chi connectivity index (χ1v) is 7.09. The Morgan fingerprint density at radius 3 is 2.75 bits per heavy atom. The summed E-state index contributed by atoms with van der Waals surface area (Å²) < 4.78 is 8.50. The molecule has 3 nitrogen and oxygen atoms in total. The summed E-state index contributed by atoms with van der Waals surface area (Å²) in [4.78, 5) is 11.6. The number of hydrogen-bond donors (Lipinski definition) is 1. The Labute approximate surface area is 102 Å². The van der Waals surface area contributed by atoms with Crippen LogP contribution in [0.1, 0.15) is 52.4 Å². The third-order valence-corrected chi connectivity index (χ3v) is 4.38. The molecule has 0 aromatic heterocycles. The van der Waals surface area contributed by atoms with Gasteiger partial charge in [-0.1, -0.05) is 26.7 Å². The lowest BCUT2D eigenvalue weighted by Crippen LogP contribution is -2.21. The second-order valence-electron chi connectivity index (χ2n) is 5.08. The van der Waals surface area contributed by atoms with Crippen molar-refractivity contribution in [2.75, 3.05) is 0 Å². The maximum absolute atomic E-state index is 11.6. The lowest BCUT2D eigenvalue weighted by Gasteiger charge is -2.13. The molecule has 1 amide bonds. The molecule has 0 radical (unpaired) electrons. The SMILES string of the molecule is CCCC1(OSNC(=O)[C@H]2C[C@H]2CC)CC1. The van der Waals surface area contributed by atoms with E-state index in [1.54, 1.807) is 0 Å². The van der Waals surface area contributed by atoms with Crippen LogP contribution in [0.25, 0.3) is 0 Å². The molecule has 2 saturated carbocycles. The van der Waals surface area contributed by atoms with Crippen molar-refractivity contribution in [2.45, 2.75) is 58.0 Å². The molecule has 92 valence electrons. The van der Waals surface area contributed by atoms with Crippen molar-refractivity contribution in [1.29, 1.82) is 0 Å². The Hall–Kier alpha value is -0.220. The molecule has 0 aromatic rings. The zero-order valence-electron chi connectivity index (χ0n) is 10.1. The number of rotatable bonds is 7. The first kappa shape index (κ1) is 12.2. The maximum atomic E-state index is 11.6. The van der Waals surface area contributed by atoms with Gasteiger partial charge >= 0.3 is 0 Å². The predicted molar refractivity (Wildman–Crippen MR) is 65.6 cm³/mol. The molecule has 0 saturated heterocycles. The fourth-order valence-electron chi connectivity index (χ4n) is 2.22. The van der Waals surface area contributed by atoms with Crippen molar-refractivity contribution < 1.29 is 8.98 Å². The van der Waals surface area contributed by atoms with Gasteiger partial charge in [0.15, 0.2) is 0 Å². The molecule has 2 aliphatic rings. The van der Waals surface area contributed by atoms with Gasteiger partial charge in [0.05, 0.1) is 5.60 Å². The summed E-state index contributed by atoms with van der Waals surface area (Å²) in [5, 5.41) is 0. The first-order chi connectivity index (χ1) is 7.71. The van der Waals surface area contributed by atoms with Crippen LogP contribution in [-0.4, -0.2) is 11.5 Å². The third-order valence-electron chi connectivity index (χ3n) is 3.66. The minimum atomic E-state index is 0.0837. The topological polar surface area (TPSA) is 38.3 Å². The van der Waals surface area contributed by atoms with Crippen LogP contribution in [0.15, 0.2) is 0 Å². The Morgan fingerprint density at radius 2 is 2.25 bits per heavy atom. The van der Waals surface area contributed by atoms with Crippen LogP contribution in [-0.2, 0) is 8.98 Å². The molecule has 2 fully saturated rings. The molecule has 0 aliphatic heterocycles. The van der Waals surface area contributed by atoms with Crippen LogP contribution in [0.4, 0.5) is 0 Å². The van der Waals surface area contributed by atoms with Crippen molar-refractivity contribution in [3.63, 3.8) is 0 Å². The van der Waals surface area contributed by atoms with E-state index in [0.717, 1.165) is 50.8 Å². The molecule has 0 unspecified atom stereocenters. The lowest BCUT2D eigenvalue weighted by atomic mass is 10.2. The highest BCUT2D eigenvalue weighted by Crippen LogP contribution is 2.46. The number of carbonyl (C=O) groups excluding carboxylic acids is 1. The van der Waals surface area contributed by atoms with E-state index in [4.69, 9.17) is 4.18 Å². The second-order valence-corrected chi connectivity index (χ2v) is 5.61.